The summed E-state index contributed by atoms with van der Waals surface area (Å²) in [6, 6.07) is 10.0. The molecule has 0 spiro atoms. The monoisotopic (exact) mass is 323 g/mol. The first-order valence-electron chi connectivity index (χ1n) is 6.30. The van der Waals surface area contributed by atoms with Gasteiger partial charge in [-0.15, -0.1) is 0 Å². The van der Waals surface area contributed by atoms with Gasteiger partial charge in [0.15, 0.2) is 11.5 Å². The third-order valence-corrected chi connectivity index (χ3v) is 3.74. The first kappa shape index (κ1) is 14.0. The van der Waals surface area contributed by atoms with E-state index in [4.69, 9.17) is 32.7 Å². The summed E-state index contributed by atoms with van der Waals surface area (Å²) >= 11 is 11.8. The average Bonchev–Trinajstić information content (AvgIpc) is 2.50. The first-order valence-corrected chi connectivity index (χ1v) is 7.06. The lowest BCUT2D eigenvalue weighted by Gasteiger charge is -2.21. The van der Waals surface area contributed by atoms with Gasteiger partial charge in [-0.3, -0.25) is 4.79 Å². The third kappa shape index (κ3) is 2.91. The minimum atomic E-state index is -0.295. The van der Waals surface area contributed by atoms with Crippen LogP contribution in [0.1, 0.15) is 10.4 Å². The largest absolute Gasteiger partial charge is 0.486 e. The van der Waals surface area contributed by atoms with Crippen LogP contribution in [0.25, 0.3) is 0 Å². The van der Waals surface area contributed by atoms with E-state index in [1.807, 2.05) is 0 Å². The Kier molecular flexibility index (Phi) is 3.90. The fraction of sp³-hybridized carbons (Fsp3) is 0.133. The number of halogens is 2. The molecule has 21 heavy (non-hydrogen) atoms. The number of rotatable bonds is 2. The topological polar surface area (TPSA) is 47.6 Å². The second-order valence-corrected chi connectivity index (χ2v) is 5.23. The van der Waals surface area contributed by atoms with Gasteiger partial charge < -0.3 is 14.8 Å². The number of hydrogen-bond donors (Lipinski definition) is 1. The second-order valence-electron chi connectivity index (χ2n) is 4.41. The van der Waals surface area contributed by atoms with Crippen LogP contribution in [0, 0.1) is 0 Å². The fourth-order valence-electron chi connectivity index (χ4n) is 2.00. The van der Waals surface area contributed by atoms with Crippen LogP contribution in [0.15, 0.2) is 36.4 Å². The number of ether oxygens (including phenoxy) is 2. The van der Waals surface area contributed by atoms with Gasteiger partial charge in [0.25, 0.3) is 5.91 Å². The summed E-state index contributed by atoms with van der Waals surface area (Å²) in [6.07, 6.45) is 0. The van der Waals surface area contributed by atoms with Crippen LogP contribution >= 0.6 is 23.2 Å². The van der Waals surface area contributed by atoms with Gasteiger partial charge in [-0.05, 0) is 30.3 Å². The average molecular weight is 324 g/mol. The highest BCUT2D eigenvalue weighted by molar-refractivity contribution is 6.42. The summed E-state index contributed by atoms with van der Waals surface area (Å²) in [5.41, 5.74) is 0.974. The number of hydrogen-bond acceptors (Lipinski definition) is 3. The Morgan fingerprint density at radius 1 is 1.05 bits per heavy atom. The van der Waals surface area contributed by atoms with Crippen molar-refractivity contribution in [2.24, 2.45) is 0 Å². The van der Waals surface area contributed by atoms with Crippen molar-refractivity contribution in [3.8, 4) is 11.5 Å². The minimum absolute atomic E-state index is 0.295. The van der Waals surface area contributed by atoms with Crippen molar-refractivity contribution in [3.63, 3.8) is 0 Å². The maximum absolute atomic E-state index is 12.3. The molecule has 2 aromatic carbocycles. The van der Waals surface area contributed by atoms with Crippen LogP contribution in [0.5, 0.6) is 11.5 Å². The fourth-order valence-corrected chi connectivity index (χ4v) is 2.30. The van der Waals surface area contributed by atoms with Gasteiger partial charge in [-0.2, -0.15) is 0 Å². The lowest BCUT2D eigenvalue weighted by molar-refractivity contribution is 0.102. The number of benzene rings is 2. The number of nitrogens with one attached hydrogen (secondary N) is 1. The molecule has 2 aromatic rings. The number of anilines is 1. The van der Waals surface area contributed by atoms with Crippen molar-refractivity contribution in [1.29, 1.82) is 0 Å². The number of carbonyl (C=O) groups excluding carboxylic acids is 1. The summed E-state index contributed by atoms with van der Waals surface area (Å²) in [7, 11) is 0. The third-order valence-electron chi connectivity index (χ3n) is 3.00. The molecular formula is C15H11Cl2NO3. The molecule has 3 rings (SSSR count). The van der Waals surface area contributed by atoms with Crippen LogP contribution in [0.4, 0.5) is 5.69 Å². The normalized spacial score (nSPS) is 12.9. The quantitative estimate of drug-likeness (QED) is 0.908. The van der Waals surface area contributed by atoms with Gasteiger partial charge in [0, 0.05) is 5.56 Å². The standard InChI is InChI=1S/C15H11Cl2NO3/c16-10-5-4-9(8-11(10)17)15(19)18-12-2-1-3-13-14(12)21-7-6-20-13/h1-5,8H,6-7H2,(H,18,19). The number of carbonyl (C=O) groups is 1. The molecule has 6 heteroatoms. The second kappa shape index (κ2) is 5.84. The van der Waals surface area contributed by atoms with Crippen LogP contribution in [0.2, 0.25) is 10.0 Å². The van der Waals surface area contributed by atoms with Crippen molar-refractivity contribution < 1.29 is 14.3 Å². The molecule has 0 unspecified atom stereocenters. The van der Waals surface area contributed by atoms with E-state index in [0.717, 1.165) is 0 Å². The predicted octanol–water partition coefficient (Wildman–Crippen LogP) is 4.02. The highest BCUT2D eigenvalue weighted by Crippen LogP contribution is 2.37. The van der Waals surface area contributed by atoms with Gasteiger partial charge in [-0.1, -0.05) is 29.3 Å². The highest BCUT2D eigenvalue weighted by Gasteiger charge is 2.18. The van der Waals surface area contributed by atoms with E-state index in [2.05, 4.69) is 5.32 Å². The highest BCUT2D eigenvalue weighted by atomic mass is 35.5. The summed E-state index contributed by atoms with van der Waals surface area (Å²) in [5.74, 6) is 0.862. The Morgan fingerprint density at radius 3 is 2.67 bits per heavy atom. The molecule has 108 valence electrons. The lowest BCUT2D eigenvalue weighted by Crippen LogP contribution is -2.18. The van der Waals surface area contributed by atoms with Crippen LogP contribution in [-0.4, -0.2) is 19.1 Å². The zero-order valence-electron chi connectivity index (χ0n) is 10.9. The molecule has 4 nitrogen and oxygen atoms in total. The molecule has 1 N–H and O–H groups in total. The van der Waals surface area contributed by atoms with Crippen LogP contribution in [-0.2, 0) is 0 Å². The maximum Gasteiger partial charge on any atom is 0.255 e. The molecule has 1 aliphatic rings. The number of fused-ring (bicyclic) bond motifs is 1. The molecule has 0 saturated heterocycles. The van der Waals surface area contributed by atoms with Crippen molar-refractivity contribution in [3.05, 3.63) is 52.0 Å². The van der Waals surface area contributed by atoms with E-state index >= 15 is 0 Å². The number of para-hydroxylation sites is 1. The van der Waals surface area contributed by atoms with E-state index in [1.54, 1.807) is 30.3 Å². The Labute approximate surface area is 131 Å². The van der Waals surface area contributed by atoms with E-state index in [-0.39, 0.29) is 5.91 Å². The molecule has 0 bridgehead atoms. The number of amides is 1. The van der Waals surface area contributed by atoms with Gasteiger partial charge in [0.2, 0.25) is 0 Å². The maximum atomic E-state index is 12.3. The van der Waals surface area contributed by atoms with E-state index < -0.39 is 0 Å². The molecule has 0 saturated carbocycles. The molecule has 0 fully saturated rings. The Balaban J connectivity index is 1.86. The van der Waals surface area contributed by atoms with Gasteiger partial charge in [0.1, 0.15) is 13.2 Å². The summed E-state index contributed by atoms with van der Waals surface area (Å²) in [4.78, 5) is 12.3. The van der Waals surface area contributed by atoms with Gasteiger partial charge in [0.05, 0.1) is 15.7 Å². The van der Waals surface area contributed by atoms with Crippen molar-refractivity contribution in [2.45, 2.75) is 0 Å². The van der Waals surface area contributed by atoms with Crippen molar-refractivity contribution >= 4 is 34.8 Å². The Hall–Kier alpha value is -1.91. The van der Waals surface area contributed by atoms with Gasteiger partial charge >= 0.3 is 0 Å². The molecule has 1 amide bonds. The van der Waals surface area contributed by atoms with Crippen LogP contribution in [0.3, 0.4) is 0 Å². The Morgan fingerprint density at radius 2 is 1.86 bits per heavy atom. The van der Waals surface area contributed by atoms with E-state index in [9.17, 15) is 4.79 Å². The van der Waals surface area contributed by atoms with Crippen LogP contribution < -0.4 is 14.8 Å². The minimum Gasteiger partial charge on any atom is -0.486 e. The summed E-state index contributed by atoms with van der Waals surface area (Å²) < 4.78 is 11.0. The van der Waals surface area contributed by atoms with Crippen molar-refractivity contribution in [1.82, 2.24) is 0 Å². The molecule has 0 radical (unpaired) electrons. The molecular weight excluding hydrogens is 313 g/mol. The summed E-state index contributed by atoms with van der Waals surface area (Å²) in [5, 5.41) is 3.52. The lowest BCUT2D eigenvalue weighted by atomic mass is 10.2. The Bertz CT molecular complexity index is 703. The zero-order chi connectivity index (χ0) is 14.8. The molecule has 0 aliphatic carbocycles. The van der Waals surface area contributed by atoms with E-state index in [0.29, 0.717) is 46.0 Å². The van der Waals surface area contributed by atoms with Gasteiger partial charge in [-0.25, -0.2) is 0 Å². The molecule has 1 heterocycles. The smallest absolute Gasteiger partial charge is 0.255 e. The molecule has 1 aliphatic heterocycles. The SMILES string of the molecule is O=C(Nc1cccc2c1OCCO2)c1ccc(Cl)c(Cl)c1. The first-order chi connectivity index (χ1) is 10.1. The van der Waals surface area contributed by atoms with E-state index in [1.165, 1.54) is 6.07 Å². The predicted molar refractivity (Wildman–Crippen MR) is 81.8 cm³/mol. The summed E-state index contributed by atoms with van der Waals surface area (Å²) in [6.45, 7) is 0.948. The zero-order valence-corrected chi connectivity index (χ0v) is 12.4. The molecule has 0 atom stereocenters. The van der Waals surface area contributed by atoms with Crippen molar-refractivity contribution in [2.75, 3.05) is 18.5 Å². The molecule has 0 aromatic heterocycles.